The van der Waals surface area contributed by atoms with E-state index in [0.717, 1.165) is 56.7 Å². The van der Waals surface area contributed by atoms with Gasteiger partial charge in [0.15, 0.2) is 5.65 Å². The van der Waals surface area contributed by atoms with Crippen LogP contribution in [0.25, 0.3) is 22.4 Å². The van der Waals surface area contributed by atoms with Gasteiger partial charge in [-0.2, -0.15) is 0 Å². The van der Waals surface area contributed by atoms with E-state index in [1.807, 2.05) is 27.0 Å². The Kier molecular flexibility index (Phi) is 5.57. The molecule has 3 aromatic rings. The van der Waals surface area contributed by atoms with E-state index in [1.54, 1.807) is 18.0 Å². The molecule has 2 aromatic heterocycles. The van der Waals surface area contributed by atoms with E-state index in [4.69, 9.17) is 4.74 Å². The van der Waals surface area contributed by atoms with Crippen LogP contribution in [0.1, 0.15) is 45.6 Å². The average molecular weight is 489 g/mol. The molecule has 2 heterocycles. The van der Waals surface area contributed by atoms with Crippen molar-refractivity contribution in [3.05, 3.63) is 40.5 Å². The number of H-pyrrole nitrogens is 1. The molecule has 1 saturated carbocycles. The molecule has 6 nitrogen and oxygen atoms in total. The van der Waals surface area contributed by atoms with E-state index in [2.05, 4.69) is 60.5 Å². The smallest absolute Gasteiger partial charge is 0.408 e. The highest BCUT2D eigenvalue weighted by Gasteiger charge is 2.41. The molecule has 0 atom stereocenters. The first-order chi connectivity index (χ1) is 14.2. The number of hydrogen-bond acceptors (Lipinski definition) is 5. The molecule has 0 radical (unpaired) electrons. The number of carbonyl (C=O) groups is 1. The van der Waals surface area contributed by atoms with E-state index >= 15 is 0 Å². The van der Waals surface area contributed by atoms with Crippen LogP contribution in [0.5, 0.6) is 0 Å². The quantitative estimate of drug-likeness (QED) is 0.439. The Labute approximate surface area is 188 Å². The van der Waals surface area contributed by atoms with Crippen molar-refractivity contribution < 1.29 is 9.53 Å². The molecule has 0 unspecified atom stereocenters. The second-order valence-electron chi connectivity index (χ2n) is 8.56. The molecular formula is C22H25BrN4O2S. The fraction of sp³-hybridized carbons (Fsp3) is 0.409. The Hall–Kier alpha value is -2.06. The Bertz CT molecular complexity index is 1080. The number of aromatic nitrogens is 3. The monoisotopic (exact) mass is 488 g/mol. The molecule has 30 heavy (non-hydrogen) atoms. The third kappa shape index (κ3) is 4.07. The van der Waals surface area contributed by atoms with Crippen molar-refractivity contribution in [3.63, 3.8) is 0 Å². The van der Waals surface area contributed by atoms with Crippen molar-refractivity contribution in [1.82, 2.24) is 20.3 Å². The van der Waals surface area contributed by atoms with Crippen LogP contribution in [0.2, 0.25) is 0 Å². The molecule has 1 fully saturated rings. The Morgan fingerprint density at radius 3 is 2.53 bits per heavy atom. The lowest BCUT2D eigenvalue weighted by atomic mass is 9.72. The number of carbonyl (C=O) groups excluding carboxylic acids is 1. The minimum Gasteiger partial charge on any atom is -0.444 e. The molecule has 8 heteroatoms. The van der Waals surface area contributed by atoms with E-state index in [-0.39, 0.29) is 11.6 Å². The number of fused-ring (bicyclic) bond motifs is 1. The van der Waals surface area contributed by atoms with Gasteiger partial charge in [0.05, 0.1) is 21.9 Å². The van der Waals surface area contributed by atoms with Gasteiger partial charge in [-0.15, -0.1) is 11.8 Å². The predicted octanol–water partition coefficient (Wildman–Crippen LogP) is 6.01. The predicted molar refractivity (Wildman–Crippen MR) is 124 cm³/mol. The summed E-state index contributed by atoms with van der Waals surface area (Å²) in [5.41, 5.74) is 3.77. The molecule has 0 bridgehead atoms. The van der Waals surface area contributed by atoms with Gasteiger partial charge in [-0.05, 0) is 73.3 Å². The first-order valence-electron chi connectivity index (χ1n) is 9.91. The zero-order valence-corrected chi connectivity index (χ0v) is 19.9. The number of alkyl carbamates (subject to hydrolysis) is 1. The molecule has 0 spiro atoms. The number of thioether (sulfide) groups is 1. The second kappa shape index (κ2) is 7.89. The van der Waals surface area contributed by atoms with Crippen LogP contribution in [0.4, 0.5) is 4.79 Å². The number of nitrogens with zero attached hydrogens (tertiary/aromatic N) is 2. The van der Waals surface area contributed by atoms with Crippen molar-refractivity contribution in [3.8, 4) is 11.3 Å². The Balaban J connectivity index is 1.60. The minimum atomic E-state index is -0.515. The largest absolute Gasteiger partial charge is 0.444 e. The van der Waals surface area contributed by atoms with E-state index in [9.17, 15) is 4.79 Å². The third-order valence-electron chi connectivity index (χ3n) is 5.30. The number of halogens is 1. The highest BCUT2D eigenvalue weighted by atomic mass is 79.9. The highest BCUT2D eigenvalue weighted by molar-refractivity contribution is 9.10. The molecule has 2 N–H and O–H groups in total. The van der Waals surface area contributed by atoms with E-state index in [1.165, 1.54) is 0 Å². The van der Waals surface area contributed by atoms with Gasteiger partial charge in [0, 0.05) is 0 Å². The lowest BCUT2D eigenvalue weighted by Gasteiger charge is -2.43. The molecule has 1 aromatic carbocycles. The summed E-state index contributed by atoms with van der Waals surface area (Å²) in [6, 6.07) is 8.30. The molecule has 1 aliphatic rings. The van der Waals surface area contributed by atoms with Crippen LogP contribution in [0.3, 0.4) is 0 Å². The molecule has 0 saturated heterocycles. The van der Waals surface area contributed by atoms with Gasteiger partial charge in [-0.1, -0.05) is 24.3 Å². The fourth-order valence-corrected chi connectivity index (χ4v) is 4.64. The molecule has 1 amide bonds. The summed E-state index contributed by atoms with van der Waals surface area (Å²) in [4.78, 5) is 24.9. The summed E-state index contributed by atoms with van der Waals surface area (Å²) in [6.07, 6.45) is 6.29. The first-order valence-corrected chi connectivity index (χ1v) is 11.9. The summed E-state index contributed by atoms with van der Waals surface area (Å²) in [6.45, 7) is 5.62. The number of ether oxygens (including phenoxy) is 1. The topological polar surface area (TPSA) is 79.9 Å². The Morgan fingerprint density at radius 1 is 1.27 bits per heavy atom. The number of rotatable bonds is 4. The summed E-state index contributed by atoms with van der Waals surface area (Å²) in [5.74, 6) is 0. The van der Waals surface area contributed by atoms with Crippen LogP contribution < -0.4 is 5.32 Å². The number of nitrogens with one attached hydrogen (secondary N) is 2. The Morgan fingerprint density at radius 2 is 1.97 bits per heavy atom. The summed E-state index contributed by atoms with van der Waals surface area (Å²) in [5, 5.41) is 3.98. The standard InChI is InChI=1S/C22H25BrN4O2S/c1-21(2,3)29-20(28)27-22(10-5-11-22)14-8-6-13(7-9-14)17-16(23)18-19(26-17)25-15(30-4)12-24-18/h6-9,12H,5,10-11H2,1-4H3,(H,25,26)(H,27,28). The van der Waals surface area contributed by atoms with Crippen molar-refractivity contribution in [2.75, 3.05) is 6.26 Å². The highest BCUT2D eigenvalue weighted by Crippen LogP contribution is 2.42. The van der Waals surface area contributed by atoms with Gasteiger partial charge in [0.2, 0.25) is 0 Å². The van der Waals surface area contributed by atoms with Crippen LogP contribution in [-0.4, -0.2) is 32.9 Å². The number of benzene rings is 1. The maximum Gasteiger partial charge on any atom is 0.408 e. The third-order valence-corrected chi connectivity index (χ3v) is 6.69. The summed E-state index contributed by atoms with van der Waals surface area (Å²) in [7, 11) is 0. The van der Waals surface area contributed by atoms with Crippen molar-refractivity contribution >= 4 is 44.9 Å². The normalized spacial score (nSPS) is 15.6. The zero-order chi connectivity index (χ0) is 21.5. The van der Waals surface area contributed by atoms with Gasteiger partial charge in [-0.3, -0.25) is 0 Å². The van der Waals surface area contributed by atoms with Crippen LogP contribution >= 0.6 is 27.7 Å². The molecular weight excluding hydrogens is 464 g/mol. The van der Waals surface area contributed by atoms with Gasteiger partial charge >= 0.3 is 6.09 Å². The summed E-state index contributed by atoms with van der Waals surface area (Å²) >= 11 is 5.23. The van der Waals surface area contributed by atoms with Gasteiger partial charge in [0.25, 0.3) is 0 Å². The number of amides is 1. The SMILES string of the molecule is CSc1cnc2c(Br)c(-c3ccc(C4(NC(=O)OC(C)(C)C)CCC4)cc3)[nH]c2n1. The molecule has 4 rings (SSSR count). The van der Waals surface area contributed by atoms with Gasteiger partial charge < -0.3 is 15.0 Å². The second-order valence-corrected chi connectivity index (χ2v) is 10.2. The van der Waals surface area contributed by atoms with Crippen molar-refractivity contribution in [2.45, 2.75) is 56.2 Å². The molecule has 0 aliphatic heterocycles. The lowest BCUT2D eigenvalue weighted by molar-refractivity contribution is 0.0377. The van der Waals surface area contributed by atoms with Crippen molar-refractivity contribution in [2.24, 2.45) is 0 Å². The minimum absolute atomic E-state index is 0.352. The van der Waals surface area contributed by atoms with E-state index < -0.39 is 5.60 Å². The summed E-state index contributed by atoms with van der Waals surface area (Å²) < 4.78 is 6.37. The van der Waals surface area contributed by atoms with Gasteiger partial charge in [0.1, 0.15) is 16.1 Å². The van der Waals surface area contributed by atoms with Crippen LogP contribution in [0, 0.1) is 0 Å². The van der Waals surface area contributed by atoms with Gasteiger partial charge in [-0.25, -0.2) is 14.8 Å². The maximum atomic E-state index is 12.4. The van der Waals surface area contributed by atoms with Crippen LogP contribution in [-0.2, 0) is 10.3 Å². The zero-order valence-electron chi connectivity index (χ0n) is 17.5. The van der Waals surface area contributed by atoms with Crippen molar-refractivity contribution in [1.29, 1.82) is 0 Å². The molecule has 158 valence electrons. The maximum absolute atomic E-state index is 12.4. The fourth-order valence-electron chi connectivity index (χ4n) is 3.68. The average Bonchev–Trinajstić information content (AvgIpc) is 2.99. The van der Waals surface area contributed by atoms with E-state index in [0.29, 0.717) is 0 Å². The lowest BCUT2D eigenvalue weighted by Crippen LogP contribution is -2.52. The molecule has 1 aliphatic carbocycles. The number of hydrogen-bond donors (Lipinski definition) is 2. The first kappa shape index (κ1) is 21.2. The van der Waals surface area contributed by atoms with Crippen LogP contribution in [0.15, 0.2) is 40.0 Å². The number of aromatic amines is 1.